The van der Waals surface area contributed by atoms with Crippen molar-refractivity contribution in [3.63, 3.8) is 0 Å². The average Bonchev–Trinajstić information content (AvgIpc) is 3.48. The van der Waals surface area contributed by atoms with Gasteiger partial charge in [0.1, 0.15) is 0 Å². The van der Waals surface area contributed by atoms with Crippen molar-refractivity contribution >= 4 is 0 Å². The van der Waals surface area contributed by atoms with Gasteiger partial charge < -0.3 is 9.47 Å². The second kappa shape index (κ2) is 14.1. The minimum Gasteiger partial charge on any atom is -0.373 e. The van der Waals surface area contributed by atoms with Gasteiger partial charge in [-0.1, -0.05) is 103 Å². The SMILES string of the molecule is C(CCCCCCCCCC1CO1)CCCCCCCCC1CO1. The molecule has 24 heavy (non-hydrogen) atoms. The summed E-state index contributed by atoms with van der Waals surface area (Å²) in [6, 6.07) is 0. The van der Waals surface area contributed by atoms with Crippen molar-refractivity contribution in [3.05, 3.63) is 0 Å². The third kappa shape index (κ3) is 13.2. The topological polar surface area (TPSA) is 25.1 Å². The monoisotopic (exact) mass is 338 g/mol. The zero-order chi connectivity index (χ0) is 16.7. The van der Waals surface area contributed by atoms with Gasteiger partial charge in [0.25, 0.3) is 0 Å². The molecule has 0 aliphatic carbocycles. The number of hydrogen-bond donors (Lipinski definition) is 0. The van der Waals surface area contributed by atoms with E-state index in [1.165, 1.54) is 116 Å². The maximum absolute atomic E-state index is 5.24. The highest BCUT2D eigenvalue weighted by molar-refractivity contribution is 4.68. The molecule has 2 unspecified atom stereocenters. The van der Waals surface area contributed by atoms with E-state index in [4.69, 9.17) is 9.47 Å². The molecule has 142 valence electrons. The molecule has 2 atom stereocenters. The van der Waals surface area contributed by atoms with Crippen LogP contribution in [-0.2, 0) is 9.47 Å². The fourth-order valence-electron chi connectivity index (χ4n) is 3.69. The van der Waals surface area contributed by atoms with Gasteiger partial charge >= 0.3 is 0 Å². The molecule has 0 aromatic heterocycles. The molecular formula is C22H42O2. The predicted molar refractivity (Wildman–Crippen MR) is 103 cm³/mol. The van der Waals surface area contributed by atoms with Crippen molar-refractivity contribution in [2.75, 3.05) is 13.2 Å². The van der Waals surface area contributed by atoms with Gasteiger partial charge in [-0.2, -0.15) is 0 Å². The molecule has 2 aliphatic rings. The molecule has 2 rings (SSSR count). The highest BCUT2D eigenvalue weighted by atomic mass is 16.6. The molecule has 0 aromatic carbocycles. The summed E-state index contributed by atoms with van der Waals surface area (Å²) in [5, 5.41) is 0. The number of rotatable bonds is 19. The Hall–Kier alpha value is -0.0800. The Balaban J connectivity index is 1.15. The highest BCUT2D eigenvalue weighted by Gasteiger charge is 2.21. The summed E-state index contributed by atoms with van der Waals surface area (Å²) in [6.07, 6.45) is 27.1. The van der Waals surface area contributed by atoms with Gasteiger partial charge in [-0.3, -0.25) is 0 Å². The third-order valence-electron chi connectivity index (χ3n) is 5.61. The molecule has 0 spiro atoms. The lowest BCUT2D eigenvalue weighted by Gasteiger charge is -2.03. The second-order valence-electron chi connectivity index (χ2n) is 8.14. The molecule has 2 heteroatoms. The van der Waals surface area contributed by atoms with Gasteiger partial charge in [0.15, 0.2) is 0 Å². The van der Waals surface area contributed by atoms with Crippen LogP contribution in [0.5, 0.6) is 0 Å². The number of ether oxygens (including phenoxy) is 2. The van der Waals surface area contributed by atoms with E-state index in [0.29, 0.717) is 12.2 Å². The van der Waals surface area contributed by atoms with Crippen molar-refractivity contribution in [1.29, 1.82) is 0 Å². The Kier molecular flexibility index (Phi) is 11.9. The molecule has 2 saturated heterocycles. The Bertz CT molecular complexity index is 243. The first-order chi connectivity index (χ1) is 11.9. The summed E-state index contributed by atoms with van der Waals surface area (Å²) in [4.78, 5) is 0. The first-order valence-corrected chi connectivity index (χ1v) is 11.2. The minimum absolute atomic E-state index is 0.646. The van der Waals surface area contributed by atoms with Crippen LogP contribution in [0.4, 0.5) is 0 Å². The molecule has 2 nitrogen and oxygen atoms in total. The van der Waals surface area contributed by atoms with E-state index in [2.05, 4.69) is 0 Å². The van der Waals surface area contributed by atoms with E-state index < -0.39 is 0 Å². The first-order valence-electron chi connectivity index (χ1n) is 11.2. The van der Waals surface area contributed by atoms with Crippen LogP contribution in [0, 0.1) is 0 Å². The van der Waals surface area contributed by atoms with Gasteiger partial charge in [-0.25, -0.2) is 0 Å². The molecule has 2 aliphatic heterocycles. The van der Waals surface area contributed by atoms with E-state index in [1.807, 2.05) is 0 Å². The number of hydrogen-bond acceptors (Lipinski definition) is 2. The van der Waals surface area contributed by atoms with E-state index in [0.717, 1.165) is 13.2 Å². The highest BCUT2D eigenvalue weighted by Crippen LogP contribution is 2.19. The lowest BCUT2D eigenvalue weighted by molar-refractivity contribution is 0.387. The van der Waals surface area contributed by atoms with E-state index in [9.17, 15) is 0 Å². The molecule has 0 aromatic rings. The molecule has 0 radical (unpaired) electrons. The number of epoxide rings is 2. The molecule has 2 fully saturated rings. The van der Waals surface area contributed by atoms with Crippen molar-refractivity contribution in [2.45, 2.75) is 128 Å². The van der Waals surface area contributed by atoms with E-state index in [-0.39, 0.29) is 0 Å². The van der Waals surface area contributed by atoms with Crippen LogP contribution in [-0.4, -0.2) is 25.4 Å². The van der Waals surface area contributed by atoms with Crippen molar-refractivity contribution in [3.8, 4) is 0 Å². The predicted octanol–water partition coefficient (Wildman–Crippen LogP) is 6.81. The van der Waals surface area contributed by atoms with Crippen molar-refractivity contribution < 1.29 is 9.47 Å². The fraction of sp³-hybridized carbons (Fsp3) is 1.00. The van der Waals surface area contributed by atoms with Crippen LogP contribution in [0.3, 0.4) is 0 Å². The van der Waals surface area contributed by atoms with Crippen molar-refractivity contribution in [1.82, 2.24) is 0 Å². The van der Waals surface area contributed by atoms with Gasteiger partial charge in [-0.05, 0) is 12.8 Å². The van der Waals surface area contributed by atoms with Crippen LogP contribution >= 0.6 is 0 Å². The van der Waals surface area contributed by atoms with Crippen LogP contribution in [0.15, 0.2) is 0 Å². The summed E-state index contributed by atoms with van der Waals surface area (Å²) in [5.41, 5.74) is 0. The normalized spacial score (nSPS) is 22.0. The largest absolute Gasteiger partial charge is 0.373 e. The summed E-state index contributed by atoms with van der Waals surface area (Å²) in [5.74, 6) is 0. The van der Waals surface area contributed by atoms with Crippen LogP contribution in [0.1, 0.15) is 116 Å². The van der Waals surface area contributed by atoms with E-state index in [1.54, 1.807) is 0 Å². The summed E-state index contributed by atoms with van der Waals surface area (Å²) >= 11 is 0. The van der Waals surface area contributed by atoms with Gasteiger partial charge in [0.2, 0.25) is 0 Å². The maximum Gasteiger partial charge on any atom is 0.0810 e. The Labute approximate surface area is 151 Å². The molecule has 0 saturated carbocycles. The molecular weight excluding hydrogens is 296 g/mol. The van der Waals surface area contributed by atoms with Gasteiger partial charge in [0.05, 0.1) is 25.4 Å². The lowest BCUT2D eigenvalue weighted by Crippen LogP contribution is -1.87. The van der Waals surface area contributed by atoms with Gasteiger partial charge in [0, 0.05) is 0 Å². The minimum atomic E-state index is 0.646. The quantitative estimate of drug-likeness (QED) is 0.191. The summed E-state index contributed by atoms with van der Waals surface area (Å²) < 4.78 is 10.5. The smallest absolute Gasteiger partial charge is 0.0810 e. The van der Waals surface area contributed by atoms with Crippen LogP contribution in [0.25, 0.3) is 0 Å². The maximum atomic E-state index is 5.24. The summed E-state index contributed by atoms with van der Waals surface area (Å²) in [7, 11) is 0. The van der Waals surface area contributed by atoms with Gasteiger partial charge in [-0.15, -0.1) is 0 Å². The third-order valence-corrected chi connectivity index (χ3v) is 5.61. The molecule has 0 amide bonds. The van der Waals surface area contributed by atoms with E-state index >= 15 is 0 Å². The van der Waals surface area contributed by atoms with Crippen LogP contribution < -0.4 is 0 Å². The zero-order valence-corrected chi connectivity index (χ0v) is 16.1. The van der Waals surface area contributed by atoms with Crippen LogP contribution in [0.2, 0.25) is 0 Å². The number of unbranched alkanes of at least 4 members (excludes halogenated alkanes) is 15. The average molecular weight is 339 g/mol. The standard InChI is InChI=1S/C22H42O2/c1(3-5-7-9-11-13-15-17-21-19-23-21)2-4-6-8-10-12-14-16-18-22-20-24-22/h21-22H,1-20H2. The molecule has 0 N–H and O–H groups in total. The van der Waals surface area contributed by atoms with Crippen molar-refractivity contribution in [2.24, 2.45) is 0 Å². The first kappa shape index (κ1) is 20.2. The Morgan fingerprint density at radius 2 is 0.583 bits per heavy atom. The lowest BCUT2D eigenvalue weighted by atomic mass is 10.0. The summed E-state index contributed by atoms with van der Waals surface area (Å²) in [6.45, 7) is 2.08. The molecule has 0 bridgehead atoms. The fourth-order valence-corrected chi connectivity index (χ4v) is 3.69. The second-order valence-corrected chi connectivity index (χ2v) is 8.14. The Morgan fingerprint density at radius 3 is 0.792 bits per heavy atom. The zero-order valence-electron chi connectivity index (χ0n) is 16.1. The Morgan fingerprint density at radius 1 is 0.375 bits per heavy atom. The molecule has 2 heterocycles.